The third-order valence-electron chi connectivity index (χ3n) is 0.905. The Labute approximate surface area is 46.7 Å². The molecule has 42 valence electrons. The molecule has 1 aromatic heterocycles. The number of Topliss-reactive ketones (excluding diaryl/α,β-unsaturated/α-hetero) is 1. The maximum absolute atomic E-state index is 10.4. The first-order valence-corrected chi connectivity index (χ1v) is 2.30. The van der Waals surface area contributed by atoms with Crippen LogP contribution in [0.25, 0.3) is 0 Å². The third-order valence-corrected chi connectivity index (χ3v) is 0.905. The van der Waals surface area contributed by atoms with Gasteiger partial charge in [0.25, 0.3) is 0 Å². The fraction of sp³-hybridized carbons (Fsp3) is 0.200. The van der Waals surface area contributed by atoms with Gasteiger partial charge in [0, 0.05) is 6.20 Å². The fourth-order valence-electron chi connectivity index (χ4n) is 0.443. The highest BCUT2D eigenvalue weighted by atomic mass is 16.1. The van der Waals surface area contributed by atoms with Gasteiger partial charge in [-0.15, -0.1) is 0 Å². The summed E-state index contributed by atoms with van der Waals surface area (Å²) in [6, 6.07) is 0. The van der Waals surface area contributed by atoms with E-state index in [0.717, 1.165) is 0 Å². The van der Waals surface area contributed by atoms with E-state index >= 15 is 0 Å². The van der Waals surface area contributed by atoms with E-state index in [2.05, 4.69) is 10.2 Å². The van der Waals surface area contributed by atoms with Gasteiger partial charge in [-0.25, -0.2) is 0 Å². The molecule has 0 spiro atoms. The molecule has 0 bridgehead atoms. The minimum absolute atomic E-state index is 0.0405. The second-order valence-electron chi connectivity index (χ2n) is 1.54. The Morgan fingerprint density at radius 1 is 1.88 bits per heavy atom. The number of H-pyrrole nitrogens is 1. The van der Waals surface area contributed by atoms with Crippen LogP contribution in [0, 0.1) is 0 Å². The zero-order valence-corrected chi connectivity index (χ0v) is 4.51. The summed E-state index contributed by atoms with van der Waals surface area (Å²) >= 11 is 0. The topological polar surface area (TPSA) is 45.8 Å². The maximum atomic E-state index is 10.4. The van der Waals surface area contributed by atoms with Crippen molar-refractivity contribution in [2.45, 2.75) is 6.92 Å². The standard InChI is InChI=1S/C5H6N2O/c1-4(8)5-2-6-7-3-5/h2-3H,1H3,(H,6,7). The number of carbonyl (C=O) groups excluding carboxylic acids is 1. The molecular formula is C5H6N2O. The van der Waals surface area contributed by atoms with Crippen LogP contribution in [0.1, 0.15) is 17.3 Å². The lowest BCUT2D eigenvalue weighted by Gasteiger charge is -1.77. The molecule has 0 atom stereocenters. The fourth-order valence-corrected chi connectivity index (χ4v) is 0.443. The smallest absolute Gasteiger partial charge is 0.162 e. The number of rotatable bonds is 1. The van der Waals surface area contributed by atoms with E-state index < -0.39 is 0 Å². The number of ketones is 1. The third kappa shape index (κ3) is 0.753. The lowest BCUT2D eigenvalue weighted by Crippen LogP contribution is -1.85. The molecule has 1 heterocycles. The summed E-state index contributed by atoms with van der Waals surface area (Å²) in [5, 5.41) is 6.14. The van der Waals surface area contributed by atoms with Gasteiger partial charge in [-0.05, 0) is 6.92 Å². The van der Waals surface area contributed by atoms with E-state index in [1.165, 1.54) is 13.1 Å². The number of aromatic nitrogens is 2. The highest BCUT2D eigenvalue weighted by Crippen LogP contribution is 1.92. The average molecular weight is 110 g/mol. The van der Waals surface area contributed by atoms with Crippen molar-refractivity contribution in [1.29, 1.82) is 0 Å². The average Bonchev–Trinajstić information content (AvgIpc) is 2.12. The number of carbonyl (C=O) groups is 1. The van der Waals surface area contributed by atoms with E-state index in [1.807, 2.05) is 0 Å². The van der Waals surface area contributed by atoms with Gasteiger partial charge in [0.15, 0.2) is 5.78 Å². The molecule has 8 heavy (non-hydrogen) atoms. The second kappa shape index (κ2) is 1.78. The van der Waals surface area contributed by atoms with Crippen LogP contribution < -0.4 is 0 Å². The van der Waals surface area contributed by atoms with E-state index in [0.29, 0.717) is 5.56 Å². The van der Waals surface area contributed by atoms with E-state index in [9.17, 15) is 4.79 Å². The normalized spacial score (nSPS) is 9.12. The van der Waals surface area contributed by atoms with Crippen LogP contribution in [0.3, 0.4) is 0 Å². The molecule has 0 saturated heterocycles. The molecule has 0 saturated carbocycles. The van der Waals surface area contributed by atoms with Crippen molar-refractivity contribution < 1.29 is 4.79 Å². The minimum atomic E-state index is 0.0405. The number of nitrogens with one attached hydrogen (secondary N) is 1. The quantitative estimate of drug-likeness (QED) is 0.538. The maximum Gasteiger partial charge on any atom is 0.162 e. The highest BCUT2D eigenvalue weighted by molar-refractivity contribution is 5.93. The molecule has 3 heteroatoms. The molecule has 0 aliphatic heterocycles. The first-order valence-electron chi connectivity index (χ1n) is 2.30. The predicted molar refractivity (Wildman–Crippen MR) is 28.6 cm³/mol. The Balaban J connectivity index is 2.93. The lowest BCUT2D eigenvalue weighted by molar-refractivity contribution is 0.101. The van der Waals surface area contributed by atoms with Crippen LogP contribution in [-0.2, 0) is 0 Å². The van der Waals surface area contributed by atoms with Crippen molar-refractivity contribution in [3.63, 3.8) is 0 Å². The SMILES string of the molecule is CC(=O)c1cn[nH]c1. The Morgan fingerprint density at radius 2 is 2.62 bits per heavy atom. The Morgan fingerprint density at radius 3 is 2.88 bits per heavy atom. The number of hydrogen-bond acceptors (Lipinski definition) is 2. The molecule has 0 radical (unpaired) electrons. The lowest BCUT2D eigenvalue weighted by atomic mass is 10.3. The summed E-state index contributed by atoms with van der Waals surface area (Å²) < 4.78 is 0. The number of aromatic amines is 1. The first-order chi connectivity index (χ1) is 3.80. The summed E-state index contributed by atoms with van der Waals surface area (Å²) in [7, 11) is 0. The molecule has 1 aromatic rings. The molecule has 0 aromatic carbocycles. The van der Waals surface area contributed by atoms with Crippen molar-refractivity contribution in [1.82, 2.24) is 10.2 Å². The predicted octanol–water partition coefficient (Wildman–Crippen LogP) is 0.612. The van der Waals surface area contributed by atoms with Crippen LogP contribution in [0.2, 0.25) is 0 Å². The number of hydrogen-bond donors (Lipinski definition) is 1. The van der Waals surface area contributed by atoms with Crippen molar-refractivity contribution in [2.75, 3.05) is 0 Å². The van der Waals surface area contributed by atoms with Crippen LogP contribution in [-0.4, -0.2) is 16.0 Å². The van der Waals surface area contributed by atoms with Crippen LogP contribution in [0.15, 0.2) is 12.4 Å². The monoisotopic (exact) mass is 110 g/mol. The van der Waals surface area contributed by atoms with Gasteiger partial charge in [-0.1, -0.05) is 0 Å². The Kier molecular flexibility index (Phi) is 1.12. The first kappa shape index (κ1) is 5.03. The molecule has 0 unspecified atom stereocenters. The van der Waals surface area contributed by atoms with Crippen molar-refractivity contribution in [3.05, 3.63) is 18.0 Å². The van der Waals surface area contributed by atoms with Crippen LogP contribution in [0.5, 0.6) is 0 Å². The molecule has 0 fully saturated rings. The van der Waals surface area contributed by atoms with Crippen molar-refractivity contribution in [2.24, 2.45) is 0 Å². The summed E-state index contributed by atoms with van der Waals surface area (Å²) in [5.74, 6) is 0.0405. The highest BCUT2D eigenvalue weighted by Gasteiger charge is 1.95. The minimum Gasteiger partial charge on any atom is -0.294 e. The van der Waals surface area contributed by atoms with Gasteiger partial charge >= 0.3 is 0 Å². The van der Waals surface area contributed by atoms with Gasteiger partial charge in [-0.2, -0.15) is 5.10 Å². The van der Waals surface area contributed by atoms with Gasteiger partial charge in [0.05, 0.1) is 11.8 Å². The van der Waals surface area contributed by atoms with Crippen LogP contribution in [0.4, 0.5) is 0 Å². The molecule has 3 nitrogen and oxygen atoms in total. The van der Waals surface area contributed by atoms with Gasteiger partial charge in [0.2, 0.25) is 0 Å². The zero-order valence-electron chi connectivity index (χ0n) is 4.51. The molecular weight excluding hydrogens is 104 g/mol. The molecule has 1 N–H and O–H groups in total. The molecule has 0 amide bonds. The van der Waals surface area contributed by atoms with Crippen molar-refractivity contribution >= 4 is 5.78 Å². The Hall–Kier alpha value is -1.12. The summed E-state index contributed by atoms with van der Waals surface area (Å²) in [6.07, 6.45) is 3.07. The number of nitrogens with zero attached hydrogens (tertiary/aromatic N) is 1. The summed E-state index contributed by atoms with van der Waals surface area (Å²) in [4.78, 5) is 10.4. The molecule has 0 aliphatic carbocycles. The van der Waals surface area contributed by atoms with Crippen molar-refractivity contribution in [3.8, 4) is 0 Å². The van der Waals surface area contributed by atoms with Gasteiger partial charge < -0.3 is 0 Å². The zero-order chi connectivity index (χ0) is 5.98. The van der Waals surface area contributed by atoms with Gasteiger partial charge in [0.1, 0.15) is 0 Å². The van der Waals surface area contributed by atoms with E-state index in [1.54, 1.807) is 6.20 Å². The molecule has 1 rings (SSSR count). The van der Waals surface area contributed by atoms with Crippen LogP contribution >= 0.6 is 0 Å². The molecule has 0 aliphatic rings. The van der Waals surface area contributed by atoms with Gasteiger partial charge in [-0.3, -0.25) is 9.89 Å². The second-order valence-corrected chi connectivity index (χ2v) is 1.54. The summed E-state index contributed by atoms with van der Waals surface area (Å²) in [5.41, 5.74) is 0.630. The Bertz CT molecular complexity index is 178. The summed E-state index contributed by atoms with van der Waals surface area (Å²) in [6.45, 7) is 1.50. The van der Waals surface area contributed by atoms with E-state index in [-0.39, 0.29) is 5.78 Å². The van der Waals surface area contributed by atoms with E-state index in [4.69, 9.17) is 0 Å². The largest absolute Gasteiger partial charge is 0.294 e.